The van der Waals surface area contributed by atoms with Crippen LogP contribution in [-0.4, -0.2) is 30.3 Å². The van der Waals surface area contributed by atoms with Gasteiger partial charge in [-0.1, -0.05) is 48.0 Å². The molecular formula is C22H26BrN3O3. The van der Waals surface area contributed by atoms with Gasteiger partial charge in [0.15, 0.2) is 0 Å². The molecule has 0 aliphatic carbocycles. The Balaban J connectivity index is 1.96. The minimum Gasteiger partial charge on any atom is -0.345 e. The lowest BCUT2D eigenvalue weighted by Crippen LogP contribution is -2.51. The van der Waals surface area contributed by atoms with Crippen molar-refractivity contribution in [3.8, 4) is 0 Å². The lowest BCUT2D eigenvalue weighted by atomic mass is 10.0. The summed E-state index contributed by atoms with van der Waals surface area (Å²) in [5, 5.41) is 8.16. The first-order chi connectivity index (χ1) is 13.7. The number of hydrogen-bond donors (Lipinski definition) is 3. The van der Waals surface area contributed by atoms with Crippen molar-refractivity contribution in [2.45, 2.75) is 33.7 Å². The topological polar surface area (TPSA) is 87.3 Å². The number of benzene rings is 2. The lowest BCUT2D eigenvalue weighted by molar-refractivity contribution is -0.126. The van der Waals surface area contributed by atoms with Crippen LogP contribution in [0.5, 0.6) is 0 Å². The molecule has 7 heteroatoms. The van der Waals surface area contributed by atoms with E-state index in [-0.39, 0.29) is 24.3 Å². The Morgan fingerprint density at radius 2 is 1.69 bits per heavy atom. The highest BCUT2D eigenvalue weighted by Gasteiger charge is 2.25. The van der Waals surface area contributed by atoms with Crippen LogP contribution in [0.25, 0.3) is 0 Å². The molecule has 1 unspecified atom stereocenters. The molecule has 2 rings (SSSR count). The molecule has 0 spiro atoms. The summed E-state index contributed by atoms with van der Waals surface area (Å²) in [5.74, 6) is -1.19. The van der Waals surface area contributed by atoms with E-state index in [1.807, 2.05) is 52.0 Å². The van der Waals surface area contributed by atoms with Crippen LogP contribution in [0, 0.1) is 19.8 Å². The van der Waals surface area contributed by atoms with E-state index >= 15 is 0 Å². The zero-order valence-corrected chi connectivity index (χ0v) is 18.6. The summed E-state index contributed by atoms with van der Waals surface area (Å²) < 4.78 is 0.922. The van der Waals surface area contributed by atoms with Crippen LogP contribution in [0.3, 0.4) is 0 Å². The maximum Gasteiger partial charge on any atom is 0.252 e. The summed E-state index contributed by atoms with van der Waals surface area (Å²) in [6.45, 7) is 7.22. The number of aryl methyl sites for hydroxylation is 2. The summed E-state index contributed by atoms with van der Waals surface area (Å²) in [5.41, 5.74) is 2.94. The van der Waals surface area contributed by atoms with Crippen LogP contribution in [0.4, 0.5) is 5.69 Å². The zero-order chi connectivity index (χ0) is 21.6. The predicted octanol–water partition coefficient (Wildman–Crippen LogP) is 3.58. The molecule has 29 heavy (non-hydrogen) atoms. The van der Waals surface area contributed by atoms with Crippen molar-refractivity contribution in [3.63, 3.8) is 0 Å². The monoisotopic (exact) mass is 459 g/mol. The summed E-state index contributed by atoms with van der Waals surface area (Å²) in [4.78, 5) is 37.4. The first-order valence-corrected chi connectivity index (χ1v) is 10.2. The fraction of sp³-hybridized carbons (Fsp3) is 0.318. The molecule has 154 valence electrons. The molecule has 2 aromatic rings. The SMILES string of the molecule is Cc1cc(Br)ccc1NC(=O)CNC(=O)C(NC(=O)c1ccccc1C)C(C)C. The van der Waals surface area contributed by atoms with Crippen molar-refractivity contribution in [3.05, 3.63) is 63.6 Å². The van der Waals surface area contributed by atoms with Crippen molar-refractivity contribution in [2.75, 3.05) is 11.9 Å². The number of halogens is 1. The van der Waals surface area contributed by atoms with E-state index < -0.39 is 11.9 Å². The third-order valence-electron chi connectivity index (χ3n) is 4.51. The summed E-state index contributed by atoms with van der Waals surface area (Å²) in [6.07, 6.45) is 0. The molecule has 2 aromatic carbocycles. The van der Waals surface area contributed by atoms with Crippen molar-refractivity contribution in [1.82, 2.24) is 10.6 Å². The van der Waals surface area contributed by atoms with Gasteiger partial charge in [0.25, 0.3) is 5.91 Å². The highest BCUT2D eigenvalue weighted by Crippen LogP contribution is 2.19. The highest BCUT2D eigenvalue weighted by molar-refractivity contribution is 9.10. The van der Waals surface area contributed by atoms with Crippen molar-refractivity contribution < 1.29 is 14.4 Å². The Kier molecular flexibility index (Phi) is 7.96. The molecule has 0 aliphatic heterocycles. The van der Waals surface area contributed by atoms with Crippen LogP contribution in [0.2, 0.25) is 0 Å². The average Bonchev–Trinajstić information content (AvgIpc) is 2.66. The summed E-state index contributed by atoms with van der Waals surface area (Å²) >= 11 is 3.38. The van der Waals surface area contributed by atoms with Gasteiger partial charge in [-0.25, -0.2) is 0 Å². The van der Waals surface area contributed by atoms with E-state index in [4.69, 9.17) is 0 Å². The van der Waals surface area contributed by atoms with Crippen LogP contribution in [0.15, 0.2) is 46.9 Å². The fourth-order valence-corrected chi connectivity index (χ4v) is 3.30. The third kappa shape index (κ3) is 6.42. The maximum absolute atomic E-state index is 12.6. The Labute approximate surface area is 179 Å². The Bertz CT molecular complexity index is 912. The maximum atomic E-state index is 12.6. The van der Waals surface area contributed by atoms with E-state index in [1.165, 1.54) is 0 Å². The normalized spacial score (nSPS) is 11.7. The highest BCUT2D eigenvalue weighted by atomic mass is 79.9. The number of carbonyl (C=O) groups excluding carboxylic acids is 3. The number of nitrogens with one attached hydrogen (secondary N) is 3. The molecule has 0 saturated carbocycles. The predicted molar refractivity (Wildman–Crippen MR) is 118 cm³/mol. The Morgan fingerprint density at radius 3 is 2.31 bits per heavy atom. The van der Waals surface area contributed by atoms with Crippen LogP contribution >= 0.6 is 15.9 Å². The van der Waals surface area contributed by atoms with Gasteiger partial charge in [0.05, 0.1) is 6.54 Å². The minimum atomic E-state index is -0.746. The number of rotatable bonds is 7. The van der Waals surface area contributed by atoms with Gasteiger partial charge in [0.1, 0.15) is 6.04 Å². The quantitative estimate of drug-likeness (QED) is 0.591. The molecule has 6 nitrogen and oxygen atoms in total. The van der Waals surface area contributed by atoms with E-state index in [9.17, 15) is 14.4 Å². The number of amides is 3. The average molecular weight is 460 g/mol. The van der Waals surface area contributed by atoms with Gasteiger partial charge in [0.2, 0.25) is 11.8 Å². The van der Waals surface area contributed by atoms with E-state index in [2.05, 4.69) is 31.9 Å². The molecular weight excluding hydrogens is 434 g/mol. The van der Waals surface area contributed by atoms with Gasteiger partial charge in [0, 0.05) is 15.7 Å². The summed E-state index contributed by atoms with van der Waals surface area (Å²) in [6, 6.07) is 12.0. The molecule has 0 bridgehead atoms. The van der Waals surface area contributed by atoms with Crippen LogP contribution in [-0.2, 0) is 9.59 Å². The Hall–Kier alpha value is -2.67. The van der Waals surface area contributed by atoms with Crippen molar-refractivity contribution in [1.29, 1.82) is 0 Å². The molecule has 0 aromatic heterocycles. The first-order valence-electron chi connectivity index (χ1n) is 9.39. The second kappa shape index (κ2) is 10.2. The zero-order valence-electron chi connectivity index (χ0n) is 17.0. The molecule has 3 N–H and O–H groups in total. The number of hydrogen-bond acceptors (Lipinski definition) is 3. The number of anilines is 1. The number of carbonyl (C=O) groups is 3. The van der Waals surface area contributed by atoms with Gasteiger partial charge in [-0.3, -0.25) is 14.4 Å². The van der Waals surface area contributed by atoms with E-state index in [0.29, 0.717) is 11.3 Å². The van der Waals surface area contributed by atoms with Gasteiger partial charge in [-0.05, 0) is 55.2 Å². The van der Waals surface area contributed by atoms with Gasteiger partial charge in [-0.2, -0.15) is 0 Å². The first kappa shape index (κ1) is 22.6. The second-order valence-corrected chi connectivity index (χ2v) is 8.15. The van der Waals surface area contributed by atoms with Crippen LogP contribution in [0.1, 0.15) is 35.3 Å². The molecule has 0 heterocycles. The van der Waals surface area contributed by atoms with Gasteiger partial charge in [-0.15, -0.1) is 0 Å². The largest absolute Gasteiger partial charge is 0.345 e. The second-order valence-electron chi connectivity index (χ2n) is 7.24. The summed E-state index contributed by atoms with van der Waals surface area (Å²) in [7, 11) is 0. The van der Waals surface area contributed by atoms with Crippen molar-refractivity contribution >= 4 is 39.3 Å². The minimum absolute atomic E-state index is 0.139. The molecule has 0 radical (unpaired) electrons. The third-order valence-corrected chi connectivity index (χ3v) is 5.00. The van der Waals surface area contributed by atoms with E-state index in [0.717, 1.165) is 15.6 Å². The van der Waals surface area contributed by atoms with Crippen molar-refractivity contribution in [2.24, 2.45) is 5.92 Å². The molecule has 0 saturated heterocycles. The smallest absolute Gasteiger partial charge is 0.252 e. The standard InChI is InChI=1S/C22H26BrN3O3/c1-13(2)20(26-21(28)17-8-6-5-7-14(17)3)22(29)24-12-19(27)25-18-10-9-16(23)11-15(18)4/h5-11,13,20H,12H2,1-4H3,(H,24,29)(H,25,27)(H,26,28). The van der Waals surface area contributed by atoms with Gasteiger partial charge >= 0.3 is 0 Å². The molecule has 3 amide bonds. The molecule has 0 aliphatic rings. The Morgan fingerprint density at radius 1 is 1.00 bits per heavy atom. The van der Waals surface area contributed by atoms with Crippen LogP contribution < -0.4 is 16.0 Å². The fourth-order valence-electron chi connectivity index (χ4n) is 2.82. The van der Waals surface area contributed by atoms with Gasteiger partial charge < -0.3 is 16.0 Å². The van der Waals surface area contributed by atoms with E-state index in [1.54, 1.807) is 18.2 Å². The molecule has 1 atom stereocenters. The molecule has 0 fully saturated rings. The lowest BCUT2D eigenvalue weighted by Gasteiger charge is -2.22.